The van der Waals surface area contributed by atoms with E-state index in [0.29, 0.717) is 0 Å². The number of carbonyl (C=O) groups is 1. The van der Waals surface area contributed by atoms with Crippen molar-refractivity contribution in [1.29, 1.82) is 0 Å². The Morgan fingerprint density at radius 3 is 2.13 bits per heavy atom. The van der Waals surface area contributed by atoms with Gasteiger partial charge >= 0.3 is 18.4 Å². The average molecular weight is 429 g/mol. The molecule has 0 saturated carbocycles. The Kier molecular flexibility index (Phi) is 4.53. The lowest BCUT2D eigenvalue weighted by Crippen LogP contribution is -2.57. The van der Waals surface area contributed by atoms with Gasteiger partial charge in [-0.15, -0.1) is 0 Å². The van der Waals surface area contributed by atoms with Crippen molar-refractivity contribution in [3.05, 3.63) is 70.8 Å². The van der Waals surface area contributed by atoms with Gasteiger partial charge in [-0.05, 0) is 29.7 Å². The number of nitrogens with one attached hydrogen (secondary N) is 1. The van der Waals surface area contributed by atoms with Crippen LogP contribution in [0.3, 0.4) is 0 Å². The molecule has 2 aromatic carbocycles. The molecule has 160 valence electrons. The van der Waals surface area contributed by atoms with Crippen molar-refractivity contribution in [2.24, 2.45) is 5.73 Å². The van der Waals surface area contributed by atoms with Crippen LogP contribution in [0.15, 0.2) is 48.5 Å². The third-order valence-electron chi connectivity index (χ3n) is 5.89. The van der Waals surface area contributed by atoms with Crippen molar-refractivity contribution in [3.63, 3.8) is 0 Å². The van der Waals surface area contributed by atoms with Crippen molar-refractivity contribution in [3.8, 4) is 0 Å². The number of hydrogen-bond donors (Lipinski definition) is 2. The van der Waals surface area contributed by atoms with Gasteiger partial charge in [0.15, 0.2) is 0 Å². The van der Waals surface area contributed by atoms with Gasteiger partial charge in [-0.25, -0.2) is 4.79 Å². The third kappa shape index (κ3) is 3.01. The zero-order valence-corrected chi connectivity index (χ0v) is 15.4. The molecule has 0 radical (unpaired) electrons. The van der Waals surface area contributed by atoms with E-state index in [-0.39, 0.29) is 24.1 Å². The Balaban J connectivity index is 1.91. The summed E-state index contributed by atoms with van der Waals surface area (Å²) in [7, 11) is 0. The monoisotopic (exact) mass is 429 g/mol. The normalized spacial score (nSPS) is 26.3. The van der Waals surface area contributed by atoms with Crippen LogP contribution in [-0.4, -0.2) is 23.5 Å². The first-order valence-corrected chi connectivity index (χ1v) is 9.12. The summed E-state index contributed by atoms with van der Waals surface area (Å²) in [5, 5.41) is 3.00. The maximum absolute atomic E-state index is 13.7. The van der Waals surface area contributed by atoms with E-state index < -0.39 is 47.1 Å². The number of hydrogen-bond acceptors (Lipinski definition) is 2. The average Bonchev–Trinajstić information content (AvgIpc) is 3.24. The fourth-order valence-corrected chi connectivity index (χ4v) is 4.85. The van der Waals surface area contributed by atoms with E-state index in [2.05, 4.69) is 5.32 Å². The van der Waals surface area contributed by atoms with Gasteiger partial charge in [-0.3, -0.25) is 0 Å². The van der Waals surface area contributed by atoms with Gasteiger partial charge in [0.05, 0.1) is 22.7 Å². The molecule has 2 bridgehead atoms. The minimum atomic E-state index is -4.70. The number of halogens is 6. The Bertz CT molecular complexity index is 989. The highest BCUT2D eigenvalue weighted by Gasteiger charge is 2.61. The lowest BCUT2D eigenvalue weighted by atomic mass is 9.85. The van der Waals surface area contributed by atoms with Crippen molar-refractivity contribution in [1.82, 2.24) is 10.2 Å². The van der Waals surface area contributed by atoms with Crippen molar-refractivity contribution >= 4 is 6.03 Å². The second-order valence-corrected chi connectivity index (χ2v) is 7.50. The van der Waals surface area contributed by atoms with Crippen LogP contribution >= 0.6 is 0 Å². The van der Waals surface area contributed by atoms with Crippen LogP contribution in [0, 0.1) is 0 Å². The van der Waals surface area contributed by atoms with Gasteiger partial charge in [0.1, 0.15) is 0 Å². The summed E-state index contributed by atoms with van der Waals surface area (Å²) in [5.41, 5.74) is 1.77. The van der Waals surface area contributed by atoms with Crippen molar-refractivity contribution in [2.75, 3.05) is 6.54 Å². The molecule has 2 aliphatic heterocycles. The molecule has 3 unspecified atom stereocenters. The maximum Gasteiger partial charge on any atom is 0.416 e. The number of amides is 2. The number of fused-ring (bicyclic) bond motifs is 2. The van der Waals surface area contributed by atoms with Gasteiger partial charge in [0.2, 0.25) is 0 Å². The van der Waals surface area contributed by atoms with E-state index in [0.717, 1.165) is 17.0 Å². The third-order valence-corrected chi connectivity index (χ3v) is 5.89. The standard InChI is InChI=1S/C20H17F6N3O/c21-19(22,23)12-6-2-1-5-11(12)16-15-9-18(10-28-15,29(16)17(27)30)13-7-3-4-8-14(13)20(24,25)26/h1-8,15-16,28H,9-10H2,(H2,27,30). The summed E-state index contributed by atoms with van der Waals surface area (Å²) in [4.78, 5) is 13.4. The second-order valence-electron chi connectivity index (χ2n) is 7.50. The zero-order chi connectivity index (χ0) is 21.9. The molecule has 4 nitrogen and oxygen atoms in total. The first-order chi connectivity index (χ1) is 14.0. The molecule has 10 heteroatoms. The van der Waals surface area contributed by atoms with Crippen molar-refractivity contribution < 1.29 is 31.1 Å². The number of piperazine rings is 1. The maximum atomic E-state index is 13.7. The molecule has 4 rings (SSSR count). The predicted octanol–water partition coefficient (Wildman–Crippen LogP) is 4.42. The smallest absolute Gasteiger partial charge is 0.351 e. The van der Waals surface area contributed by atoms with Gasteiger partial charge in [0.25, 0.3) is 0 Å². The quantitative estimate of drug-likeness (QED) is 0.695. The number of primary amides is 1. The highest BCUT2D eigenvalue weighted by Crippen LogP contribution is 2.55. The molecule has 2 heterocycles. The highest BCUT2D eigenvalue weighted by atomic mass is 19.4. The molecule has 30 heavy (non-hydrogen) atoms. The number of rotatable bonds is 2. The number of benzene rings is 2. The number of carbonyl (C=O) groups excluding carboxylic acids is 1. The number of alkyl halides is 6. The summed E-state index contributed by atoms with van der Waals surface area (Å²) in [5.74, 6) is 0. The molecule has 0 aromatic heterocycles. The van der Waals surface area contributed by atoms with Gasteiger partial charge in [-0.1, -0.05) is 36.4 Å². The minimum Gasteiger partial charge on any atom is -0.351 e. The molecule has 3 N–H and O–H groups in total. The largest absolute Gasteiger partial charge is 0.416 e. The Morgan fingerprint density at radius 1 is 0.967 bits per heavy atom. The number of urea groups is 1. The van der Waals surface area contributed by atoms with Crippen LogP contribution in [0.25, 0.3) is 0 Å². The molecule has 2 fully saturated rings. The van der Waals surface area contributed by atoms with Gasteiger partial charge < -0.3 is 16.0 Å². The van der Waals surface area contributed by atoms with Crippen LogP contribution < -0.4 is 11.1 Å². The fraction of sp³-hybridized carbons (Fsp3) is 0.350. The van der Waals surface area contributed by atoms with Crippen LogP contribution in [0.5, 0.6) is 0 Å². The van der Waals surface area contributed by atoms with E-state index in [1.54, 1.807) is 0 Å². The van der Waals surface area contributed by atoms with Gasteiger partial charge in [0, 0.05) is 12.6 Å². The zero-order valence-electron chi connectivity index (χ0n) is 15.4. The number of likely N-dealkylation sites (tertiary alicyclic amines) is 1. The molecular weight excluding hydrogens is 412 g/mol. The summed E-state index contributed by atoms with van der Waals surface area (Å²) in [6.45, 7) is -0.0433. The Labute approximate surface area is 167 Å². The lowest BCUT2D eigenvalue weighted by molar-refractivity contribution is -0.139. The van der Waals surface area contributed by atoms with E-state index in [1.165, 1.54) is 36.4 Å². The molecule has 2 aromatic rings. The summed E-state index contributed by atoms with van der Waals surface area (Å²) in [6.07, 6.45) is -9.38. The van der Waals surface area contributed by atoms with Crippen molar-refractivity contribution in [2.45, 2.75) is 36.4 Å². The highest BCUT2D eigenvalue weighted by molar-refractivity contribution is 5.76. The number of nitrogens with two attached hydrogens (primary N) is 1. The molecule has 2 aliphatic rings. The molecule has 0 spiro atoms. The second kappa shape index (κ2) is 6.63. The first-order valence-electron chi connectivity index (χ1n) is 9.12. The molecule has 2 amide bonds. The fourth-order valence-electron chi connectivity index (χ4n) is 4.85. The van der Waals surface area contributed by atoms with E-state index in [1.807, 2.05) is 0 Å². The number of nitrogens with zero attached hydrogens (tertiary/aromatic N) is 1. The first kappa shape index (κ1) is 20.5. The predicted molar refractivity (Wildman–Crippen MR) is 95.1 cm³/mol. The van der Waals surface area contributed by atoms with Gasteiger partial charge in [-0.2, -0.15) is 26.3 Å². The summed E-state index contributed by atoms with van der Waals surface area (Å²) in [6, 6.07) is 6.60. The minimum absolute atomic E-state index is 0.0138. The molecule has 3 atom stereocenters. The van der Waals surface area contributed by atoms with E-state index in [4.69, 9.17) is 5.73 Å². The topological polar surface area (TPSA) is 58.4 Å². The summed E-state index contributed by atoms with van der Waals surface area (Å²) < 4.78 is 81.9. The van der Waals surface area contributed by atoms with Crippen LogP contribution in [0.1, 0.15) is 34.7 Å². The molecule has 2 saturated heterocycles. The summed E-state index contributed by atoms with van der Waals surface area (Å²) >= 11 is 0. The van der Waals surface area contributed by atoms with Crippen LogP contribution in [-0.2, 0) is 17.9 Å². The van der Waals surface area contributed by atoms with Crippen LogP contribution in [0.2, 0.25) is 0 Å². The van der Waals surface area contributed by atoms with E-state index >= 15 is 0 Å². The van der Waals surface area contributed by atoms with Crippen LogP contribution in [0.4, 0.5) is 31.1 Å². The SMILES string of the molecule is NC(=O)N1C(c2ccccc2C(F)(F)F)C2CC1(c1ccccc1C(F)(F)F)CN2. The molecular formula is C20H17F6N3O. The molecule has 0 aliphatic carbocycles. The van der Waals surface area contributed by atoms with E-state index in [9.17, 15) is 31.1 Å². The Hall–Kier alpha value is -2.75. The lowest BCUT2D eigenvalue weighted by Gasteiger charge is -2.44. The Morgan fingerprint density at radius 2 is 1.53 bits per heavy atom.